The van der Waals surface area contributed by atoms with Gasteiger partial charge in [0.2, 0.25) is 5.95 Å². The second-order valence-corrected chi connectivity index (χ2v) is 4.70. The van der Waals surface area contributed by atoms with Crippen LogP contribution < -0.4 is 5.32 Å². The lowest BCUT2D eigenvalue weighted by atomic mass is 10.2. The quantitative estimate of drug-likeness (QED) is 0.768. The van der Waals surface area contributed by atoms with Crippen LogP contribution in [0, 0.1) is 0 Å². The van der Waals surface area contributed by atoms with E-state index in [4.69, 9.17) is 0 Å². The Balaban J connectivity index is 1.80. The second kappa shape index (κ2) is 4.98. The molecule has 0 unspecified atom stereocenters. The molecule has 0 spiro atoms. The maximum atomic E-state index is 4.13. The average Bonchev–Trinajstić information content (AvgIpc) is 2.95. The summed E-state index contributed by atoms with van der Waals surface area (Å²) in [6.07, 6.45) is 3.44. The molecule has 2 aromatic heterocycles. The Kier molecular flexibility index (Phi) is 3.02. The van der Waals surface area contributed by atoms with E-state index in [0.717, 1.165) is 5.69 Å². The molecule has 2 heterocycles. The first-order valence-electron chi connectivity index (χ1n) is 5.60. The van der Waals surface area contributed by atoms with Gasteiger partial charge in [0, 0.05) is 23.0 Å². The number of nitrogens with zero attached hydrogens (tertiary/aromatic N) is 2. The number of hydrogen-bond donors (Lipinski definition) is 1. The molecule has 3 aromatic rings. The van der Waals surface area contributed by atoms with E-state index in [-0.39, 0.29) is 0 Å². The number of benzene rings is 1. The molecule has 0 saturated heterocycles. The molecular formula is C14H11N3S. The summed E-state index contributed by atoms with van der Waals surface area (Å²) < 4.78 is 0. The highest BCUT2D eigenvalue weighted by atomic mass is 32.1. The summed E-state index contributed by atoms with van der Waals surface area (Å²) in [6, 6.07) is 14.2. The van der Waals surface area contributed by atoms with Crippen molar-refractivity contribution in [1.29, 1.82) is 0 Å². The number of rotatable bonds is 3. The Morgan fingerprint density at radius 1 is 0.889 bits per heavy atom. The second-order valence-electron chi connectivity index (χ2n) is 3.75. The number of hydrogen-bond acceptors (Lipinski definition) is 4. The molecule has 88 valence electrons. The first-order valence-corrected chi connectivity index (χ1v) is 6.48. The van der Waals surface area contributed by atoms with Gasteiger partial charge in [0.25, 0.3) is 0 Å². The van der Waals surface area contributed by atoms with Gasteiger partial charge >= 0.3 is 0 Å². The van der Waals surface area contributed by atoms with E-state index in [0.29, 0.717) is 5.95 Å². The molecule has 0 atom stereocenters. The van der Waals surface area contributed by atoms with Crippen LogP contribution in [0.25, 0.3) is 10.4 Å². The smallest absolute Gasteiger partial charge is 0.227 e. The van der Waals surface area contributed by atoms with E-state index in [9.17, 15) is 0 Å². The third kappa shape index (κ3) is 2.38. The summed E-state index contributed by atoms with van der Waals surface area (Å²) in [5.41, 5.74) is 2.21. The molecule has 18 heavy (non-hydrogen) atoms. The molecule has 1 N–H and O–H groups in total. The van der Waals surface area contributed by atoms with E-state index in [1.165, 1.54) is 10.4 Å². The van der Waals surface area contributed by atoms with Crippen LogP contribution in [-0.2, 0) is 0 Å². The molecule has 4 heteroatoms. The summed E-state index contributed by atoms with van der Waals surface area (Å²) in [6.45, 7) is 0. The van der Waals surface area contributed by atoms with Crippen molar-refractivity contribution in [2.75, 3.05) is 5.32 Å². The topological polar surface area (TPSA) is 37.8 Å². The maximum absolute atomic E-state index is 4.13. The fraction of sp³-hybridized carbons (Fsp3) is 0. The van der Waals surface area contributed by atoms with Gasteiger partial charge in [-0.25, -0.2) is 9.97 Å². The Labute approximate surface area is 109 Å². The van der Waals surface area contributed by atoms with E-state index in [1.54, 1.807) is 29.8 Å². The minimum Gasteiger partial charge on any atom is -0.324 e. The van der Waals surface area contributed by atoms with Gasteiger partial charge in [0.1, 0.15) is 0 Å². The van der Waals surface area contributed by atoms with Gasteiger partial charge in [-0.05, 0) is 35.2 Å². The fourth-order valence-electron chi connectivity index (χ4n) is 1.65. The standard InChI is InChI=1S/C14H11N3S/c1-3-13(18-10-1)11-4-6-12(7-5-11)17-14-15-8-2-9-16-14/h1-10H,(H,15,16,17). The number of anilines is 2. The fourth-order valence-corrected chi connectivity index (χ4v) is 2.39. The van der Waals surface area contributed by atoms with Crippen LogP contribution in [0.5, 0.6) is 0 Å². The van der Waals surface area contributed by atoms with Crippen molar-refractivity contribution >= 4 is 23.0 Å². The van der Waals surface area contributed by atoms with Gasteiger partial charge in [-0.1, -0.05) is 18.2 Å². The first-order chi connectivity index (χ1) is 8.92. The number of thiophene rings is 1. The van der Waals surface area contributed by atoms with Crippen molar-refractivity contribution in [3.05, 3.63) is 60.2 Å². The van der Waals surface area contributed by atoms with Crippen LogP contribution in [0.2, 0.25) is 0 Å². The molecule has 0 bridgehead atoms. The minimum absolute atomic E-state index is 0.612. The van der Waals surface area contributed by atoms with Crippen LogP contribution >= 0.6 is 11.3 Å². The third-order valence-corrected chi connectivity index (χ3v) is 3.43. The lowest BCUT2D eigenvalue weighted by Gasteiger charge is -2.04. The van der Waals surface area contributed by atoms with Crippen molar-refractivity contribution < 1.29 is 0 Å². The monoisotopic (exact) mass is 253 g/mol. The van der Waals surface area contributed by atoms with Crippen LogP contribution in [0.1, 0.15) is 0 Å². The summed E-state index contributed by atoms with van der Waals surface area (Å²) in [4.78, 5) is 9.53. The Bertz CT molecular complexity index is 603. The van der Waals surface area contributed by atoms with Gasteiger partial charge in [-0.15, -0.1) is 11.3 Å². The SMILES string of the molecule is c1cnc(Nc2ccc(-c3cccs3)cc2)nc1. The Hall–Kier alpha value is -2.20. The lowest BCUT2D eigenvalue weighted by molar-refractivity contribution is 1.17. The van der Waals surface area contributed by atoms with Crippen molar-refractivity contribution in [3.63, 3.8) is 0 Å². The molecule has 0 fully saturated rings. The third-order valence-electron chi connectivity index (χ3n) is 2.51. The maximum Gasteiger partial charge on any atom is 0.227 e. The first kappa shape index (κ1) is 10.9. The predicted octanol–water partition coefficient (Wildman–Crippen LogP) is 3.95. The largest absolute Gasteiger partial charge is 0.324 e. The van der Waals surface area contributed by atoms with E-state index in [1.807, 2.05) is 12.1 Å². The lowest BCUT2D eigenvalue weighted by Crippen LogP contribution is -1.95. The highest BCUT2D eigenvalue weighted by molar-refractivity contribution is 7.13. The summed E-state index contributed by atoms with van der Waals surface area (Å²) in [5, 5.41) is 5.24. The van der Waals surface area contributed by atoms with Crippen LogP contribution in [0.3, 0.4) is 0 Å². The van der Waals surface area contributed by atoms with Crippen molar-refractivity contribution in [1.82, 2.24) is 9.97 Å². The van der Waals surface area contributed by atoms with Gasteiger partial charge in [-0.3, -0.25) is 0 Å². The molecule has 0 aliphatic heterocycles. The summed E-state index contributed by atoms with van der Waals surface area (Å²) in [7, 11) is 0. The zero-order valence-electron chi connectivity index (χ0n) is 9.58. The molecule has 0 radical (unpaired) electrons. The average molecular weight is 253 g/mol. The highest BCUT2D eigenvalue weighted by Crippen LogP contribution is 2.26. The summed E-state index contributed by atoms with van der Waals surface area (Å²) in [5.74, 6) is 0.612. The highest BCUT2D eigenvalue weighted by Gasteiger charge is 1.99. The van der Waals surface area contributed by atoms with E-state index >= 15 is 0 Å². The zero-order chi connectivity index (χ0) is 12.2. The predicted molar refractivity (Wildman–Crippen MR) is 75.1 cm³/mol. The van der Waals surface area contributed by atoms with Crippen LogP contribution in [0.4, 0.5) is 11.6 Å². The van der Waals surface area contributed by atoms with Gasteiger partial charge in [0.05, 0.1) is 0 Å². The van der Waals surface area contributed by atoms with Crippen LogP contribution in [-0.4, -0.2) is 9.97 Å². The van der Waals surface area contributed by atoms with E-state index in [2.05, 4.69) is 44.9 Å². The molecule has 0 saturated carbocycles. The Morgan fingerprint density at radius 3 is 2.33 bits per heavy atom. The zero-order valence-corrected chi connectivity index (χ0v) is 10.4. The molecule has 0 amide bonds. The number of aromatic nitrogens is 2. The molecule has 3 nitrogen and oxygen atoms in total. The Morgan fingerprint density at radius 2 is 1.67 bits per heavy atom. The molecule has 3 rings (SSSR count). The number of nitrogens with one attached hydrogen (secondary N) is 1. The van der Waals surface area contributed by atoms with E-state index < -0.39 is 0 Å². The van der Waals surface area contributed by atoms with Crippen molar-refractivity contribution in [2.45, 2.75) is 0 Å². The molecule has 0 aliphatic rings. The molecule has 1 aromatic carbocycles. The van der Waals surface area contributed by atoms with Gasteiger partial charge in [-0.2, -0.15) is 0 Å². The summed E-state index contributed by atoms with van der Waals surface area (Å²) >= 11 is 1.74. The van der Waals surface area contributed by atoms with Gasteiger partial charge < -0.3 is 5.32 Å². The minimum atomic E-state index is 0.612. The molecule has 0 aliphatic carbocycles. The van der Waals surface area contributed by atoms with Gasteiger partial charge in [0.15, 0.2) is 0 Å². The normalized spacial score (nSPS) is 10.2. The van der Waals surface area contributed by atoms with Crippen LogP contribution in [0.15, 0.2) is 60.2 Å². The van der Waals surface area contributed by atoms with Crippen molar-refractivity contribution in [2.24, 2.45) is 0 Å². The van der Waals surface area contributed by atoms with Crippen molar-refractivity contribution in [3.8, 4) is 10.4 Å². The molecular weight excluding hydrogens is 242 g/mol.